The summed E-state index contributed by atoms with van der Waals surface area (Å²) in [6.07, 6.45) is 7.98. The van der Waals surface area contributed by atoms with E-state index in [-0.39, 0.29) is 46.7 Å². The van der Waals surface area contributed by atoms with Gasteiger partial charge in [-0.05, 0) is 44.4 Å². The van der Waals surface area contributed by atoms with E-state index in [9.17, 15) is 14.4 Å². The lowest BCUT2D eigenvalue weighted by molar-refractivity contribution is -0.122. The van der Waals surface area contributed by atoms with Crippen molar-refractivity contribution in [2.75, 3.05) is 38.3 Å². The van der Waals surface area contributed by atoms with E-state index in [1.807, 2.05) is 0 Å². The summed E-state index contributed by atoms with van der Waals surface area (Å²) in [5.41, 5.74) is 1.90. The lowest BCUT2D eigenvalue weighted by Crippen LogP contribution is -2.59. The molecule has 1 aromatic rings. The van der Waals surface area contributed by atoms with Crippen LogP contribution in [0.1, 0.15) is 62.7 Å². The maximum Gasteiger partial charge on any atom is 0.340 e. The predicted octanol–water partition coefficient (Wildman–Crippen LogP) is 3.97. The molecule has 2 saturated heterocycles. The van der Waals surface area contributed by atoms with Gasteiger partial charge in [0.1, 0.15) is 6.61 Å². The molecule has 0 aromatic heterocycles. The molecule has 7 nitrogen and oxygen atoms in total. The number of amides is 2. The highest BCUT2D eigenvalue weighted by Gasteiger charge is 2.56. The van der Waals surface area contributed by atoms with Crippen LogP contribution in [-0.2, 0) is 19.1 Å². The van der Waals surface area contributed by atoms with Crippen molar-refractivity contribution in [3.63, 3.8) is 0 Å². The lowest BCUT2D eigenvalue weighted by Gasteiger charge is -2.59. The zero-order chi connectivity index (χ0) is 24.8. The van der Waals surface area contributed by atoms with Crippen LogP contribution in [0, 0.1) is 16.7 Å². The Morgan fingerprint density at radius 3 is 2.66 bits per heavy atom. The molecular weight excluding hydrogens is 444 g/mol. The number of ether oxygens (including phenoxy) is 2. The number of carbonyl (C=O) groups excluding carboxylic acids is 3. The van der Waals surface area contributed by atoms with Gasteiger partial charge in [-0.3, -0.25) is 9.59 Å². The van der Waals surface area contributed by atoms with Gasteiger partial charge in [-0.1, -0.05) is 44.1 Å². The Labute approximate surface area is 207 Å². The van der Waals surface area contributed by atoms with Crippen molar-refractivity contribution in [1.29, 1.82) is 0 Å². The number of anilines is 1. The Kier molecular flexibility index (Phi) is 6.34. The second-order valence-electron chi connectivity index (χ2n) is 10.9. The van der Waals surface area contributed by atoms with E-state index in [4.69, 9.17) is 9.47 Å². The molecule has 3 fully saturated rings. The number of hydrogen-bond acceptors (Lipinski definition) is 6. The fourth-order valence-electron chi connectivity index (χ4n) is 6.98. The topological polar surface area (TPSA) is 76.2 Å². The molecule has 2 aliphatic carbocycles. The smallest absolute Gasteiger partial charge is 0.340 e. The molecule has 1 aromatic carbocycles. The van der Waals surface area contributed by atoms with E-state index in [0.29, 0.717) is 12.3 Å². The van der Waals surface area contributed by atoms with E-state index in [1.165, 1.54) is 12.0 Å². The van der Waals surface area contributed by atoms with Crippen LogP contribution in [0.3, 0.4) is 0 Å². The standard InChI is InChI=1S/C28H36N2O5/c1-4-29-16-27-11-7-12-28(17-29,23(27)15-20(34-3)10-13-27)18-35-26(33)21-8-5-6-9-22(21)30-24(31)14-19(2)25(30)32/h5-6,8-9,15,19-20H,4,7,10-14,16-18H2,1-3H3/t19?,20?,27-,28-/m0/s1. The van der Waals surface area contributed by atoms with Crippen LogP contribution in [0.25, 0.3) is 0 Å². The molecular formula is C28H36N2O5. The first-order valence-electron chi connectivity index (χ1n) is 12.9. The van der Waals surface area contributed by atoms with Gasteiger partial charge in [0.15, 0.2) is 0 Å². The van der Waals surface area contributed by atoms with Gasteiger partial charge in [0.25, 0.3) is 0 Å². The normalized spacial score (nSPS) is 32.9. The second-order valence-corrected chi connectivity index (χ2v) is 10.9. The van der Waals surface area contributed by atoms with Crippen LogP contribution in [-0.4, -0.2) is 62.1 Å². The fourth-order valence-corrected chi connectivity index (χ4v) is 6.98. The van der Waals surface area contributed by atoms with Gasteiger partial charge < -0.3 is 14.4 Å². The minimum absolute atomic E-state index is 0.106. The lowest BCUT2D eigenvalue weighted by atomic mass is 9.52. The Hall–Kier alpha value is -2.51. The number of methoxy groups -OCH3 is 1. The van der Waals surface area contributed by atoms with Crippen molar-refractivity contribution in [2.45, 2.75) is 58.5 Å². The van der Waals surface area contributed by atoms with Gasteiger partial charge in [-0.2, -0.15) is 0 Å². The van der Waals surface area contributed by atoms with Crippen LogP contribution < -0.4 is 4.90 Å². The van der Waals surface area contributed by atoms with Crippen molar-refractivity contribution in [3.8, 4) is 0 Å². The number of imide groups is 1. The summed E-state index contributed by atoms with van der Waals surface area (Å²) in [4.78, 5) is 42.3. The largest absolute Gasteiger partial charge is 0.461 e. The number of hydrogen-bond donors (Lipinski definition) is 0. The molecule has 1 saturated carbocycles. The summed E-state index contributed by atoms with van der Waals surface area (Å²) < 4.78 is 11.8. The first kappa shape index (κ1) is 24.2. The number of likely N-dealkylation sites (tertiary alicyclic amines) is 1. The first-order chi connectivity index (χ1) is 16.8. The van der Waals surface area contributed by atoms with E-state index >= 15 is 0 Å². The molecule has 2 bridgehead atoms. The predicted molar refractivity (Wildman–Crippen MR) is 132 cm³/mol. The van der Waals surface area contributed by atoms with Gasteiger partial charge in [0, 0.05) is 43.4 Å². The molecule has 5 rings (SSSR count). The number of nitrogens with zero attached hydrogens (tertiary/aromatic N) is 2. The van der Waals surface area contributed by atoms with Crippen LogP contribution in [0.4, 0.5) is 5.69 Å². The number of para-hydroxylation sites is 1. The van der Waals surface area contributed by atoms with Crippen LogP contribution in [0.2, 0.25) is 0 Å². The average Bonchev–Trinajstić information content (AvgIpc) is 3.12. The van der Waals surface area contributed by atoms with Crippen LogP contribution in [0.5, 0.6) is 0 Å². The summed E-state index contributed by atoms with van der Waals surface area (Å²) in [6.45, 7) is 7.12. The summed E-state index contributed by atoms with van der Waals surface area (Å²) in [6, 6.07) is 6.78. The monoisotopic (exact) mass is 480 g/mol. The maximum absolute atomic E-state index is 13.4. The second kappa shape index (κ2) is 9.17. The summed E-state index contributed by atoms with van der Waals surface area (Å²) >= 11 is 0. The number of benzene rings is 1. The molecule has 35 heavy (non-hydrogen) atoms. The van der Waals surface area contributed by atoms with Gasteiger partial charge in [-0.15, -0.1) is 0 Å². The van der Waals surface area contributed by atoms with Gasteiger partial charge in [-0.25, -0.2) is 9.69 Å². The first-order valence-corrected chi connectivity index (χ1v) is 12.9. The minimum atomic E-state index is -0.486. The molecule has 4 atom stereocenters. The molecule has 188 valence electrons. The number of carbonyl (C=O) groups is 3. The molecule has 0 N–H and O–H groups in total. The summed E-state index contributed by atoms with van der Waals surface area (Å²) in [5, 5.41) is 0. The third kappa shape index (κ3) is 4.02. The molecule has 0 radical (unpaired) electrons. The number of rotatable bonds is 6. The number of esters is 1. The van der Waals surface area contributed by atoms with Gasteiger partial charge >= 0.3 is 5.97 Å². The van der Waals surface area contributed by atoms with Crippen molar-refractivity contribution >= 4 is 23.5 Å². The molecule has 4 aliphatic rings. The molecule has 2 unspecified atom stereocenters. The Morgan fingerprint density at radius 1 is 1.14 bits per heavy atom. The summed E-state index contributed by atoms with van der Waals surface area (Å²) in [7, 11) is 1.77. The van der Waals surface area contributed by atoms with Crippen molar-refractivity contribution < 1.29 is 23.9 Å². The van der Waals surface area contributed by atoms with E-state index in [0.717, 1.165) is 50.2 Å². The quantitative estimate of drug-likeness (QED) is 0.348. The zero-order valence-corrected chi connectivity index (χ0v) is 21.0. The Balaban J connectivity index is 1.43. The fraction of sp³-hybridized carbons (Fsp3) is 0.607. The van der Waals surface area contributed by atoms with E-state index in [2.05, 4.69) is 17.9 Å². The third-order valence-corrected chi connectivity index (χ3v) is 8.73. The molecule has 2 heterocycles. The Morgan fingerprint density at radius 2 is 1.94 bits per heavy atom. The highest BCUT2D eigenvalue weighted by Crippen LogP contribution is 2.59. The zero-order valence-electron chi connectivity index (χ0n) is 21.0. The minimum Gasteiger partial charge on any atom is -0.461 e. The van der Waals surface area contributed by atoms with Crippen LogP contribution >= 0.6 is 0 Å². The molecule has 2 amide bonds. The van der Waals surface area contributed by atoms with Crippen molar-refractivity contribution in [3.05, 3.63) is 41.5 Å². The summed E-state index contributed by atoms with van der Waals surface area (Å²) in [5.74, 6) is -1.41. The molecule has 2 aliphatic heterocycles. The van der Waals surface area contributed by atoms with E-state index in [1.54, 1.807) is 38.3 Å². The van der Waals surface area contributed by atoms with Gasteiger partial charge in [0.2, 0.25) is 11.8 Å². The Bertz CT molecular complexity index is 1070. The van der Waals surface area contributed by atoms with Crippen molar-refractivity contribution in [2.24, 2.45) is 16.7 Å². The molecule has 0 spiro atoms. The van der Waals surface area contributed by atoms with Crippen LogP contribution in [0.15, 0.2) is 35.9 Å². The average molecular weight is 481 g/mol. The van der Waals surface area contributed by atoms with E-state index < -0.39 is 5.97 Å². The van der Waals surface area contributed by atoms with Gasteiger partial charge in [0.05, 0.1) is 17.4 Å². The maximum atomic E-state index is 13.4. The highest BCUT2D eigenvalue weighted by molar-refractivity contribution is 6.22. The number of piperidine rings is 1. The SMILES string of the molecule is CCN1C[C@@]23CCC[C@@](COC(=O)c4ccccc4N4C(=O)CC(C)C4=O)(C1)C2=CC(OC)CC3. The van der Waals surface area contributed by atoms with Crippen molar-refractivity contribution in [1.82, 2.24) is 4.90 Å². The third-order valence-electron chi connectivity index (χ3n) is 8.73. The molecule has 7 heteroatoms. The highest BCUT2D eigenvalue weighted by atomic mass is 16.5.